The van der Waals surface area contributed by atoms with E-state index in [1.165, 1.54) is 6.42 Å². The molecule has 0 spiro atoms. The molecule has 3 aliphatic rings. The van der Waals surface area contributed by atoms with Gasteiger partial charge in [0.05, 0.1) is 12.9 Å². The van der Waals surface area contributed by atoms with Crippen molar-refractivity contribution >= 4 is 5.97 Å². The summed E-state index contributed by atoms with van der Waals surface area (Å²) in [4.78, 5) is 11.8. The third-order valence-electron chi connectivity index (χ3n) is 4.73. The molecular weight excluding hydrogens is 204 g/mol. The Morgan fingerprint density at radius 3 is 3.12 bits per heavy atom. The number of fused-ring (bicyclic) bond motifs is 5. The first-order chi connectivity index (χ1) is 7.69. The van der Waals surface area contributed by atoms with Gasteiger partial charge in [-0.1, -0.05) is 13.0 Å². The lowest BCUT2D eigenvalue weighted by Crippen LogP contribution is -2.45. The molecule has 0 N–H and O–H groups in total. The van der Waals surface area contributed by atoms with E-state index in [1.807, 2.05) is 13.0 Å². The first-order valence-electron chi connectivity index (χ1n) is 6.14. The number of cyclic esters (lactones) is 1. The maximum absolute atomic E-state index is 11.8. The second-order valence-corrected chi connectivity index (χ2v) is 5.41. The van der Waals surface area contributed by atoms with Crippen molar-refractivity contribution in [3.05, 3.63) is 12.3 Å². The Morgan fingerprint density at radius 1 is 1.56 bits per heavy atom. The first kappa shape index (κ1) is 10.2. The monoisotopic (exact) mass is 222 g/mol. The summed E-state index contributed by atoms with van der Waals surface area (Å²) in [6, 6.07) is 0. The lowest BCUT2D eigenvalue weighted by Gasteiger charge is -2.37. The number of hydrogen-bond acceptors (Lipinski definition) is 3. The molecule has 1 heterocycles. The van der Waals surface area contributed by atoms with Gasteiger partial charge in [-0.2, -0.15) is 0 Å². The standard InChI is InChI=1S/C13H18O3/c1-3-4-16-13-6-9(5-8(13)2)10-7-15-12(14)11(10)13/h3-4,8-11H,5-7H2,1-2H3. The summed E-state index contributed by atoms with van der Waals surface area (Å²) in [5, 5.41) is 0. The number of hydrogen-bond donors (Lipinski definition) is 0. The van der Waals surface area contributed by atoms with Crippen LogP contribution in [-0.4, -0.2) is 18.2 Å². The molecule has 2 bridgehead atoms. The van der Waals surface area contributed by atoms with Gasteiger partial charge in [-0.05, 0) is 31.6 Å². The summed E-state index contributed by atoms with van der Waals surface area (Å²) in [5.74, 6) is 1.44. The van der Waals surface area contributed by atoms with Gasteiger partial charge >= 0.3 is 5.97 Å². The number of esters is 1. The summed E-state index contributed by atoms with van der Waals surface area (Å²) in [6.45, 7) is 4.75. The summed E-state index contributed by atoms with van der Waals surface area (Å²) in [7, 11) is 0. The molecule has 1 aliphatic heterocycles. The highest BCUT2D eigenvalue weighted by Gasteiger charge is 2.68. The van der Waals surface area contributed by atoms with Gasteiger partial charge in [-0.15, -0.1) is 0 Å². The van der Waals surface area contributed by atoms with E-state index >= 15 is 0 Å². The Morgan fingerprint density at radius 2 is 2.38 bits per heavy atom. The van der Waals surface area contributed by atoms with E-state index < -0.39 is 0 Å². The van der Waals surface area contributed by atoms with Crippen LogP contribution >= 0.6 is 0 Å². The number of ether oxygens (including phenoxy) is 2. The van der Waals surface area contributed by atoms with Crippen molar-refractivity contribution in [2.24, 2.45) is 23.7 Å². The van der Waals surface area contributed by atoms with E-state index in [9.17, 15) is 4.79 Å². The van der Waals surface area contributed by atoms with Crippen LogP contribution < -0.4 is 0 Å². The normalized spacial score (nSPS) is 49.8. The van der Waals surface area contributed by atoms with Crippen LogP contribution in [-0.2, 0) is 14.3 Å². The minimum Gasteiger partial charge on any atom is -0.494 e. The van der Waals surface area contributed by atoms with Gasteiger partial charge < -0.3 is 9.47 Å². The largest absolute Gasteiger partial charge is 0.494 e. The van der Waals surface area contributed by atoms with Crippen LogP contribution in [0.3, 0.4) is 0 Å². The van der Waals surface area contributed by atoms with Gasteiger partial charge in [0.15, 0.2) is 0 Å². The molecule has 3 heteroatoms. The third kappa shape index (κ3) is 1.06. The van der Waals surface area contributed by atoms with E-state index in [0.717, 1.165) is 6.42 Å². The minimum atomic E-state index is -0.268. The maximum atomic E-state index is 11.8. The highest BCUT2D eigenvalue weighted by atomic mass is 16.5. The van der Waals surface area contributed by atoms with E-state index in [0.29, 0.717) is 24.4 Å². The molecule has 2 aliphatic carbocycles. The minimum absolute atomic E-state index is 0.0163. The fraction of sp³-hybridized carbons (Fsp3) is 0.769. The average Bonchev–Trinajstić information content (AvgIpc) is 2.87. The highest BCUT2D eigenvalue weighted by Crippen LogP contribution is 2.61. The molecule has 0 aromatic rings. The van der Waals surface area contributed by atoms with E-state index in [1.54, 1.807) is 6.26 Å². The van der Waals surface area contributed by atoms with E-state index in [2.05, 4.69) is 6.92 Å². The van der Waals surface area contributed by atoms with Crippen LogP contribution in [0.25, 0.3) is 0 Å². The van der Waals surface area contributed by atoms with E-state index in [4.69, 9.17) is 9.47 Å². The molecule has 0 radical (unpaired) electrons. The van der Waals surface area contributed by atoms with Crippen molar-refractivity contribution in [2.45, 2.75) is 32.3 Å². The molecule has 2 saturated carbocycles. The zero-order valence-electron chi connectivity index (χ0n) is 9.81. The Hall–Kier alpha value is -0.990. The number of carbonyl (C=O) groups is 1. The van der Waals surface area contributed by atoms with Gasteiger partial charge in [0, 0.05) is 5.92 Å². The van der Waals surface area contributed by atoms with Crippen molar-refractivity contribution in [1.29, 1.82) is 0 Å². The molecule has 16 heavy (non-hydrogen) atoms. The zero-order valence-corrected chi connectivity index (χ0v) is 9.81. The SMILES string of the molecule is CC=COC12CC(CC1C)C1COC(=O)C12. The van der Waals surface area contributed by atoms with Crippen LogP contribution in [0.5, 0.6) is 0 Å². The molecule has 0 aromatic carbocycles. The Bertz CT molecular complexity index is 349. The average molecular weight is 222 g/mol. The van der Waals surface area contributed by atoms with Crippen LogP contribution in [0.4, 0.5) is 0 Å². The van der Waals surface area contributed by atoms with Gasteiger partial charge in [0.25, 0.3) is 0 Å². The van der Waals surface area contributed by atoms with Crippen LogP contribution in [0.15, 0.2) is 12.3 Å². The number of carbonyl (C=O) groups excluding carboxylic acids is 1. The lowest BCUT2D eigenvalue weighted by molar-refractivity contribution is -0.151. The Labute approximate surface area is 95.8 Å². The van der Waals surface area contributed by atoms with Gasteiger partial charge in [-0.25, -0.2) is 0 Å². The van der Waals surface area contributed by atoms with Crippen LogP contribution in [0.2, 0.25) is 0 Å². The molecular formula is C13H18O3. The fourth-order valence-corrected chi connectivity index (χ4v) is 4.05. The van der Waals surface area contributed by atoms with Gasteiger partial charge in [0.2, 0.25) is 0 Å². The second-order valence-electron chi connectivity index (χ2n) is 5.41. The summed E-state index contributed by atoms with van der Waals surface area (Å²) in [5.41, 5.74) is -0.268. The van der Waals surface area contributed by atoms with E-state index in [-0.39, 0.29) is 17.5 Å². The van der Waals surface area contributed by atoms with Crippen molar-refractivity contribution in [1.82, 2.24) is 0 Å². The predicted molar refractivity (Wildman–Crippen MR) is 58.5 cm³/mol. The highest BCUT2D eigenvalue weighted by molar-refractivity contribution is 5.77. The van der Waals surface area contributed by atoms with Gasteiger partial charge in [0.1, 0.15) is 11.5 Å². The molecule has 3 nitrogen and oxygen atoms in total. The van der Waals surface area contributed by atoms with Crippen molar-refractivity contribution in [2.75, 3.05) is 6.61 Å². The molecule has 1 saturated heterocycles. The molecule has 0 amide bonds. The van der Waals surface area contributed by atoms with Crippen LogP contribution in [0.1, 0.15) is 26.7 Å². The molecule has 3 fully saturated rings. The molecule has 88 valence electrons. The summed E-state index contributed by atoms with van der Waals surface area (Å²) < 4.78 is 11.2. The van der Waals surface area contributed by atoms with Crippen molar-refractivity contribution in [3.8, 4) is 0 Å². The molecule has 0 aromatic heterocycles. The van der Waals surface area contributed by atoms with Crippen molar-refractivity contribution < 1.29 is 14.3 Å². The van der Waals surface area contributed by atoms with Crippen LogP contribution in [0, 0.1) is 23.7 Å². The van der Waals surface area contributed by atoms with Gasteiger partial charge in [-0.3, -0.25) is 4.79 Å². The zero-order chi connectivity index (χ0) is 11.3. The molecule has 3 rings (SSSR count). The number of rotatable bonds is 2. The third-order valence-corrected chi connectivity index (χ3v) is 4.73. The Kier molecular flexibility index (Phi) is 2.07. The first-order valence-corrected chi connectivity index (χ1v) is 6.14. The predicted octanol–water partition coefficient (Wildman–Crippen LogP) is 2.12. The lowest BCUT2D eigenvalue weighted by atomic mass is 9.73. The topological polar surface area (TPSA) is 35.5 Å². The molecule has 5 unspecified atom stereocenters. The Balaban J connectivity index is 1.96. The summed E-state index contributed by atoms with van der Waals surface area (Å²) >= 11 is 0. The summed E-state index contributed by atoms with van der Waals surface area (Å²) in [6.07, 6.45) is 5.84. The fourth-order valence-electron chi connectivity index (χ4n) is 4.05. The smallest absolute Gasteiger partial charge is 0.313 e. The molecule has 5 atom stereocenters. The quantitative estimate of drug-likeness (QED) is 0.530. The van der Waals surface area contributed by atoms with Crippen molar-refractivity contribution in [3.63, 3.8) is 0 Å². The maximum Gasteiger partial charge on any atom is 0.313 e. The second kappa shape index (κ2) is 3.25. The number of allylic oxidation sites excluding steroid dienone is 1.